The van der Waals surface area contributed by atoms with Gasteiger partial charge in [-0.25, -0.2) is 0 Å². The predicted molar refractivity (Wildman–Crippen MR) is 230 cm³/mol. The Hall–Kier alpha value is -7.06. The molecule has 9 rings (SSSR count). The van der Waals surface area contributed by atoms with Crippen LogP contribution < -0.4 is 19.6 Å². The molecule has 61 heavy (non-hydrogen) atoms. The van der Waals surface area contributed by atoms with Crippen molar-refractivity contribution < 1.29 is 28.7 Å². The van der Waals surface area contributed by atoms with Crippen molar-refractivity contribution in [1.29, 1.82) is 0 Å². The van der Waals surface area contributed by atoms with E-state index in [9.17, 15) is 24.3 Å². The Labute approximate surface area is 352 Å². The van der Waals surface area contributed by atoms with Crippen molar-refractivity contribution in [2.45, 2.75) is 25.4 Å². The second kappa shape index (κ2) is 15.8. The number of benzene rings is 4. The van der Waals surface area contributed by atoms with E-state index in [1.807, 2.05) is 92.6 Å². The molecule has 14 nitrogen and oxygen atoms in total. The van der Waals surface area contributed by atoms with Gasteiger partial charge in [0, 0.05) is 39.6 Å². The fourth-order valence-electron chi connectivity index (χ4n) is 9.26. The summed E-state index contributed by atoms with van der Waals surface area (Å²) in [4.78, 5) is 64.1. The molecule has 14 heteroatoms. The summed E-state index contributed by atoms with van der Waals surface area (Å²) in [6.07, 6.45) is 2.47. The Morgan fingerprint density at radius 3 is 1.44 bits per heavy atom. The van der Waals surface area contributed by atoms with E-state index in [-0.39, 0.29) is 36.7 Å². The number of allylic oxidation sites excluding steroid dienone is 2. The monoisotopic (exact) mass is 816 g/mol. The van der Waals surface area contributed by atoms with Crippen LogP contribution >= 0.6 is 0 Å². The van der Waals surface area contributed by atoms with Gasteiger partial charge in [-0.1, -0.05) is 11.6 Å². The number of aliphatic hydroxyl groups is 1. The number of aliphatic hydroxyl groups excluding tert-OH is 1. The molecule has 3 fully saturated rings. The van der Waals surface area contributed by atoms with Gasteiger partial charge >= 0.3 is 0 Å². The number of azo groups is 2. The minimum atomic E-state index is -0.815. The standard InChI is InChI=1S/C47H44N8O6/c1-52(2)31-13-5-27(6-14-31)48-50-29-9-17-33(18-10-29)54-44(57)37-23-22-36-38(41(37)46(54)59)25-39-43(42(36)40-24-21-35(26-56)61-40)47(60)55(45(39)58)34-19-11-30(12-20-34)51-49-28-7-15-32(16-8-28)53(3)4/h5-22,24,37-39,41-43,56H,23,25-26H2,1-4H3/t37-,38+,39+,41-,42+,43+/m0/s1. The van der Waals surface area contributed by atoms with Crippen LogP contribution in [0.15, 0.2) is 146 Å². The molecule has 1 N–H and O–H groups in total. The fraction of sp³-hybridized carbons (Fsp3) is 0.277. The molecule has 0 unspecified atom stereocenters. The number of nitrogens with zero attached hydrogens (tertiary/aromatic N) is 8. The molecule has 0 radical (unpaired) electrons. The van der Waals surface area contributed by atoms with Gasteiger partial charge in [0.15, 0.2) is 0 Å². The summed E-state index contributed by atoms with van der Waals surface area (Å²) >= 11 is 0. The molecule has 0 bridgehead atoms. The number of carbonyl (C=O) groups is 4. The SMILES string of the molecule is CN(C)c1ccc(N=Nc2ccc(N3C(=O)[C@H]4[C@H](CC=C5[C@H]4C[C@H]4C(=O)N(c6ccc(N=Nc7ccc(N(C)C)cc7)cc6)C(=O)[C@H]4[C@H]5c4ccc(CO)o4)C3=O)cc2)cc1. The average molecular weight is 817 g/mol. The molecule has 2 aliphatic carbocycles. The zero-order chi connectivity index (χ0) is 42.5. The molecule has 4 aliphatic rings. The van der Waals surface area contributed by atoms with Crippen molar-refractivity contribution in [3.63, 3.8) is 0 Å². The largest absolute Gasteiger partial charge is 0.463 e. The Morgan fingerprint density at radius 2 is 1.00 bits per heavy atom. The lowest BCUT2D eigenvalue weighted by Gasteiger charge is -2.43. The van der Waals surface area contributed by atoms with Crippen LogP contribution in [0.4, 0.5) is 45.5 Å². The highest BCUT2D eigenvalue weighted by Gasteiger charge is 2.63. The molecule has 3 heterocycles. The zero-order valence-corrected chi connectivity index (χ0v) is 34.1. The van der Waals surface area contributed by atoms with Crippen molar-refractivity contribution in [2.75, 3.05) is 47.8 Å². The van der Waals surface area contributed by atoms with Crippen molar-refractivity contribution in [2.24, 2.45) is 50.0 Å². The lowest BCUT2D eigenvalue weighted by atomic mass is 9.58. The smallest absolute Gasteiger partial charge is 0.238 e. The highest BCUT2D eigenvalue weighted by Crippen LogP contribution is 2.58. The van der Waals surface area contributed by atoms with Crippen molar-refractivity contribution in [3.05, 3.63) is 132 Å². The maximum absolute atomic E-state index is 14.5. The van der Waals surface area contributed by atoms with Crippen LogP contribution in [0.5, 0.6) is 0 Å². The average Bonchev–Trinajstić information content (AvgIpc) is 3.93. The highest BCUT2D eigenvalue weighted by atomic mass is 16.4. The highest BCUT2D eigenvalue weighted by molar-refractivity contribution is 6.24. The lowest BCUT2D eigenvalue weighted by Crippen LogP contribution is -2.43. The van der Waals surface area contributed by atoms with Gasteiger partial charge in [-0.2, -0.15) is 20.5 Å². The van der Waals surface area contributed by atoms with Crippen molar-refractivity contribution in [1.82, 2.24) is 0 Å². The molecule has 6 atom stereocenters. The van der Waals surface area contributed by atoms with Gasteiger partial charge in [-0.15, -0.1) is 0 Å². The summed E-state index contributed by atoms with van der Waals surface area (Å²) in [5, 5.41) is 27.3. The van der Waals surface area contributed by atoms with E-state index in [0.717, 1.165) is 16.9 Å². The van der Waals surface area contributed by atoms with Crippen molar-refractivity contribution >= 4 is 69.1 Å². The predicted octanol–water partition coefficient (Wildman–Crippen LogP) is 8.78. The van der Waals surface area contributed by atoms with Crippen molar-refractivity contribution in [3.8, 4) is 0 Å². The number of anilines is 4. The van der Waals surface area contributed by atoms with Gasteiger partial charge in [0.2, 0.25) is 23.6 Å². The third kappa shape index (κ3) is 7.12. The fourth-order valence-corrected chi connectivity index (χ4v) is 9.26. The molecule has 308 valence electrons. The summed E-state index contributed by atoms with van der Waals surface area (Å²) in [6.45, 7) is -0.343. The van der Waals surface area contributed by atoms with E-state index < -0.39 is 35.5 Å². The minimum absolute atomic E-state index is 0.212. The molecule has 1 aromatic heterocycles. The topological polar surface area (TPSA) is 164 Å². The number of carbonyl (C=O) groups excluding carboxylic acids is 4. The minimum Gasteiger partial charge on any atom is -0.463 e. The molecular formula is C47H44N8O6. The van der Waals surface area contributed by atoms with E-state index >= 15 is 0 Å². The molecule has 5 aromatic rings. The quantitative estimate of drug-likeness (QED) is 0.0831. The summed E-state index contributed by atoms with van der Waals surface area (Å²) in [7, 11) is 7.85. The third-order valence-electron chi connectivity index (χ3n) is 12.3. The number of hydrogen-bond acceptors (Lipinski definition) is 12. The second-order valence-corrected chi connectivity index (χ2v) is 16.3. The maximum atomic E-state index is 14.5. The summed E-state index contributed by atoms with van der Waals surface area (Å²) < 4.78 is 6.10. The summed E-state index contributed by atoms with van der Waals surface area (Å²) in [5.41, 5.74) is 6.17. The lowest BCUT2D eigenvalue weighted by molar-refractivity contribution is -0.126. The number of hydrogen-bond donors (Lipinski definition) is 1. The molecule has 2 saturated heterocycles. The van der Waals surface area contributed by atoms with Gasteiger partial charge < -0.3 is 19.3 Å². The molecule has 0 spiro atoms. The van der Waals surface area contributed by atoms with Gasteiger partial charge in [0.05, 0.1) is 63.7 Å². The Kier molecular flexibility index (Phi) is 10.2. The van der Waals surface area contributed by atoms with E-state index in [2.05, 4.69) is 20.5 Å². The van der Waals surface area contributed by atoms with E-state index in [1.165, 1.54) is 9.80 Å². The number of imide groups is 2. The van der Waals surface area contributed by atoms with Crippen LogP contribution in [0.3, 0.4) is 0 Å². The maximum Gasteiger partial charge on any atom is 0.238 e. The molecule has 1 saturated carbocycles. The van der Waals surface area contributed by atoms with E-state index in [0.29, 0.717) is 52.1 Å². The van der Waals surface area contributed by atoms with Crippen LogP contribution in [0, 0.1) is 29.6 Å². The normalized spacial score (nSPS) is 23.5. The summed E-state index contributed by atoms with van der Waals surface area (Å²) in [6, 6.07) is 32.3. The second-order valence-electron chi connectivity index (χ2n) is 16.3. The molecule has 4 amide bonds. The number of rotatable bonds is 10. The molecule has 4 aromatic carbocycles. The molecular weight excluding hydrogens is 773 g/mol. The van der Waals surface area contributed by atoms with Gasteiger partial charge in [0.25, 0.3) is 0 Å². The molecule has 2 aliphatic heterocycles. The van der Waals surface area contributed by atoms with Crippen LogP contribution in [0.25, 0.3) is 0 Å². The van der Waals surface area contributed by atoms with E-state index in [4.69, 9.17) is 4.42 Å². The number of amides is 4. The van der Waals surface area contributed by atoms with Gasteiger partial charge in [0.1, 0.15) is 18.1 Å². The van der Waals surface area contributed by atoms with Gasteiger partial charge in [-0.05, 0) is 128 Å². The Morgan fingerprint density at radius 1 is 0.557 bits per heavy atom. The zero-order valence-electron chi connectivity index (χ0n) is 34.1. The van der Waals surface area contributed by atoms with Crippen LogP contribution in [-0.2, 0) is 25.8 Å². The van der Waals surface area contributed by atoms with Crippen LogP contribution in [0.1, 0.15) is 30.3 Å². The first-order valence-corrected chi connectivity index (χ1v) is 20.2. The number of furan rings is 1. The van der Waals surface area contributed by atoms with E-state index in [1.54, 1.807) is 60.7 Å². The van der Waals surface area contributed by atoms with Gasteiger partial charge in [-0.3, -0.25) is 29.0 Å². The summed E-state index contributed by atoms with van der Waals surface area (Å²) in [5.74, 6) is -4.83. The number of fused-ring (bicyclic) bond motifs is 4. The third-order valence-corrected chi connectivity index (χ3v) is 12.3. The Balaban J connectivity index is 0.971. The first-order valence-electron chi connectivity index (χ1n) is 20.2. The van der Waals surface area contributed by atoms with Crippen LogP contribution in [0.2, 0.25) is 0 Å². The first-order chi connectivity index (χ1) is 29.5. The first kappa shape index (κ1) is 39.4. The Bertz CT molecular complexity index is 2600. The van der Waals surface area contributed by atoms with Crippen LogP contribution in [-0.4, -0.2) is 56.9 Å².